The third-order valence-corrected chi connectivity index (χ3v) is 7.56. The largest absolute Gasteiger partial charge is 0.494 e. The molecule has 184 valence electrons. The molecular formula is C27H30Cl2N4O2. The van der Waals surface area contributed by atoms with Crippen LogP contribution in [0, 0.1) is 27.7 Å². The van der Waals surface area contributed by atoms with E-state index in [1.54, 1.807) is 0 Å². The summed E-state index contributed by atoms with van der Waals surface area (Å²) in [6.45, 7) is 8.41. The molecule has 0 unspecified atom stereocenters. The molecule has 0 aliphatic rings. The fourth-order valence-electron chi connectivity index (χ4n) is 4.97. The number of aromatic nitrogens is 3. The zero-order valence-electron chi connectivity index (χ0n) is 20.9. The number of carbonyl (C=O) groups excluding carboxylic acids is 1. The Morgan fingerprint density at radius 1 is 1.06 bits per heavy atom. The van der Waals surface area contributed by atoms with E-state index in [-0.39, 0.29) is 0 Å². The van der Waals surface area contributed by atoms with Gasteiger partial charge in [0.25, 0.3) is 5.91 Å². The van der Waals surface area contributed by atoms with Gasteiger partial charge in [0.2, 0.25) is 0 Å². The number of nitrogens with two attached hydrogens (primary N) is 1. The Bertz CT molecular complexity index is 1440. The molecular weight excluding hydrogens is 483 g/mol. The maximum absolute atomic E-state index is 12.6. The Morgan fingerprint density at radius 2 is 1.71 bits per heavy atom. The van der Waals surface area contributed by atoms with E-state index in [2.05, 4.69) is 5.10 Å². The number of primary amides is 1. The smallest absolute Gasteiger partial charge is 0.265 e. The van der Waals surface area contributed by atoms with Crippen molar-refractivity contribution in [3.8, 4) is 16.9 Å². The van der Waals surface area contributed by atoms with Gasteiger partial charge in [-0.1, -0.05) is 29.3 Å². The summed E-state index contributed by atoms with van der Waals surface area (Å²) >= 11 is 13.0. The molecule has 0 spiro atoms. The summed E-state index contributed by atoms with van der Waals surface area (Å²) in [6.07, 6.45) is 1.34. The van der Waals surface area contributed by atoms with Crippen LogP contribution in [0.1, 0.15) is 45.0 Å². The molecule has 0 aliphatic carbocycles. The van der Waals surface area contributed by atoms with Crippen molar-refractivity contribution in [2.24, 2.45) is 19.8 Å². The maximum Gasteiger partial charge on any atom is 0.265 e. The van der Waals surface area contributed by atoms with E-state index < -0.39 is 5.91 Å². The van der Waals surface area contributed by atoms with Crippen LogP contribution in [0.3, 0.4) is 0 Å². The Labute approximate surface area is 215 Å². The molecule has 2 heterocycles. The Hall–Kier alpha value is -2.96. The van der Waals surface area contributed by atoms with Crippen LogP contribution in [0.2, 0.25) is 10.0 Å². The lowest BCUT2D eigenvalue weighted by Crippen LogP contribution is -2.17. The number of benzene rings is 2. The van der Waals surface area contributed by atoms with Gasteiger partial charge in [0.1, 0.15) is 11.4 Å². The first-order valence-corrected chi connectivity index (χ1v) is 12.3. The number of fused-ring (bicyclic) bond motifs is 1. The minimum absolute atomic E-state index is 0.467. The van der Waals surface area contributed by atoms with Gasteiger partial charge >= 0.3 is 0 Å². The van der Waals surface area contributed by atoms with Gasteiger partial charge in [0.15, 0.2) is 0 Å². The number of rotatable bonds is 7. The van der Waals surface area contributed by atoms with E-state index in [1.165, 1.54) is 0 Å². The SMILES string of the molecule is Cc1cc(OCCCc2c(C(N)=O)n(C)c3c(-c4c(C)nn(C)c4C)c(Cl)ccc23)cc(C)c1Cl. The van der Waals surface area contributed by atoms with Crippen LogP contribution in [0.4, 0.5) is 0 Å². The number of amides is 1. The first-order valence-electron chi connectivity index (χ1n) is 11.5. The molecule has 2 aromatic carbocycles. The molecule has 0 saturated heterocycles. The van der Waals surface area contributed by atoms with Crippen molar-refractivity contribution in [2.45, 2.75) is 40.5 Å². The first-order chi connectivity index (χ1) is 16.5. The molecule has 1 amide bonds. The number of hydrogen-bond acceptors (Lipinski definition) is 3. The molecule has 0 fully saturated rings. The van der Waals surface area contributed by atoms with Gasteiger partial charge in [-0.2, -0.15) is 5.10 Å². The molecule has 8 heteroatoms. The average Bonchev–Trinajstić information content (AvgIpc) is 3.21. The molecule has 35 heavy (non-hydrogen) atoms. The number of nitrogens with zero attached hydrogens (tertiary/aromatic N) is 3. The van der Waals surface area contributed by atoms with Crippen molar-refractivity contribution in [1.29, 1.82) is 0 Å². The summed E-state index contributed by atoms with van der Waals surface area (Å²) in [7, 11) is 3.78. The summed E-state index contributed by atoms with van der Waals surface area (Å²) in [5.41, 5.74) is 13.8. The van der Waals surface area contributed by atoms with E-state index in [0.717, 1.165) is 60.9 Å². The Kier molecular flexibility index (Phi) is 6.89. The van der Waals surface area contributed by atoms with Crippen LogP contribution >= 0.6 is 23.2 Å². The van der Waals surface area contributed by atoms with Crippen molar-refractivity contribution < 1.29 is 9.53 Å². The van der Waals surface area contributed by atoms with Crippen LogP contribution < -0.4 is 10.5 Å². The predicted molar refractivity (Wildman–Crippen MR) is 143 cm³/mol. The van der Waals surface area contributed by atoms with Crippen LogP contribution in [-0.4, -0.2) is 26.9 Å². The molecule has 0 aliphatic heterocycles. The van der Waals surface area contributed by atoms with Crippen LogP contribution in [0.15, 0.2) is 24.3 Å². The highest BCUT2D eigenvalue weighted by atomic mass is 35.5. The molecule has 2 aromatic heterocycles. The van der Waals surface area contributed by atoms with E-state index in [4.69, 9.17) is 33.7 Å². The van der Waals surface area contributed by atoms with Crippen molar-refractivity contribution in [1.82, 2.24) is 14.3 Å². The molecule has 0 saturated carbocycles. The van der Waals surface area contributed by atoms with Gasteiger partial charge < -0.3 is 15.0 Å². The van der Waals surface area contributed by atoms with Crippen molar-refractivity contribution >= 4 is 40.0 Å². The molecule has 0 atom stereocenters. The summed E-state index contributed by atoms with van der Waals surface area (Å²) < 4.78 is 9.71. The summed E-state index contributed by atoms with van der Waals surface area (Å²) in [5, 5.41) is 6.89. The molecule has 0 radical (unpaired) electrons. The van der Waals surface area contributed by atoms with Crippen LogP contribution in [0.5, 0.6) is 5.75 Å². The fraction of sp³-hybridized carbons (Fsp3) is 0.333. The molecule has 0 bridgehead atoms. The van der Waals surface area contributed by atoms with E-state index >= 15 is 0 Å². The molecule has 4 rings (SSSR count). The standard InChI is InChI=1S/C27H30Cl2N4O2/c1-14-12-18(13-15(2)24(14)29)35-11-7-8-19-20-9-10-21(28)23(22-16(3)31-33(6)17(22)4)25(20)32(5)26(19)27(30)34/h9-10,12-13H,7-8,11H2,1-6H3,(H2,30,34). The van der Waals surface area contributed by atoms with Gasteiger partial charge in [0.05, 0.1) is 22.8 Å². The third kappa shape index (κ3) is 4.41. The van der Waals surface area contributed by atoms with Crippen LogP contribution in [0.25, 0.3) is 22.0 Å². The zero-order chi connectivity index (χ0) is 25.6. The second-order valence-electron chi connectivity index (χ2n) is 9.06. The highest BCUT2D eigenvalue weighted by Gasteiger charge is 2.25. The van der Waals surface area contributed by atoms with E-state index in [0.29, 0.717) is 30.2 Å². The topological polar surface area (TPSA) is 75.1 Å². The monoisotopic (exact) mass is 512 g/mol. The number of carbonyl (C=O) groups is 1. The van der Waals surface area contributed by atoms with Gasteiger partial charge in [0, 0.05) is 41.3 Å². The lowest BCUT2D eigenvalue weighted by molar-refractivity contribution is 0.0992. The number of aryl methyl sites for hydroxylation is 6. The highest BCUT2D eigenvalue weighted by Crippen LogP contribution is 2.41. The molecule has 2 N–H and O–H groups in total. The lowest BCUT2D eigenvalue weighted by Gasteiger charge is -2.11. The minimum atomic E-state index is -0.467. The average molecular weight is 513 g/mol. The second-order valence-corrected chi connectivity index (χ2v) is 9.85. The molecule has 6 nitrogen and oxygen atoms in total. The van der Waals surface area contributed by atoms with E-state index in [1.807, 2.05) is 75.3 Å². The lowest BCUT2D eigenvalue weighted by atomic mass is 9.98. The fourth-order valence-corrected chi connectivity index (χ4v) is 5.33. The van der Waals surface area contributed by atoms with Gasteiger partial charge in [-0.05, 0) is 75.4 Å². The summed E-state index contributed by atoms with van der Waals surface area (Å²) in [6, 6.07) is 7.73. The summed E-state index contributed by atoms with van der Waals surface area (Å²) in [4.78, 5) is 12.6. The quantitative estimate of drug-likeness (QED) is 0.298. The summed E-state index contributed by atoms with van der Waals surface area (Å²) in [5.74, 6) is 0.319. The molecule has 4 aromatic rings. The highest BCUT2D eigenvalue weighted by molar-refractivity contribution is 6.35. The van der Waals surface area contributed by atoms with Gasteiger partial charge in [-0.3, -0.25) is 9.48 Å². The van der Waals surface area contributed by atoms with E-state index in [9.17, 15) is 4.79 Å². The van der Waals surface area contributed by atoms with Gasteiger partial charge in [-0.25, -0.2) is 0 Å². The zero-order valence-corrected chi connectivity index (χ0v) is 22.4. The maximum atomic E-state index is 12.6. The first kappa shape index (κ1) is 25.1. The van der Waals surface area contributed by atoms with Crippen LogP contribution in [-0.2, 0) is 20.5 Å². The van der Waals surface area contributed by atoms with Gasteiger partial charge in [-0.15, -0.1) is 0 Å². The number of hydrogen-bond donors (Lipinski definition) is 1. The predicted octanol–water partition coefficient (Wildman–Crippen LogP) is 6.23. The Morgan fingerprint density at radius 3 is 2.29 bits per heavy atom. The Balaban J connectivity index is 1.72. The van der Waals surface area contributed by atoms with Crippen molar-refractivity contribution in [3.05, 3.63) is 68.1 Å². The van der Waals surface area contributed by atoms with Crippen molar-refractivity contribution in [3.63, 3.8) is 0 Å². The number of ether oxygens (including phenoxy) is 1. The number of halogens is 2. The normalized spacial score (nSPS) is 11.4. The minimum Gasteiger partial charge on any atom is -0.494 e. The second kappa shape index (κ2) is 9.59. The van der Waals surface area contributed by atoms with Crippen molar-refractivity contribution in [2.75, 3.05) is 6.61 Å². The third-order valence-electron chi connectivity index (χ3n) is 6.65.